The Balaban J connectivity index is 1.46. The Morgan fingerprint density at radius 3 is 2.60 bits per heavy atom. The van der Waals surface area contributed by atoms with Crippen molar-refractivity contribution in [2.45, 2.75) is 19.4 Å². The molecule has 2 aromatic carbocycles. The second kappa shape index (κ2) is 9.64. The van der Waals surface area contributed by atoms with E-state index in [2.05, 4.69) is 0 Å². The predicted octanol–water partition coefficient (Wildman–Crippen LogP) is 4.21. The van der Waals surface area contributed by atoms with Crippen molar-refractivity contribution in [3.05, 3.63) is 67.1 Å². The van der Waals surface area contributed by atoms with Crippen LogP contribution in [0.3, 0.4) is 0 Å². The standard InChI is InChI=1S/C19H16Cl2N2O7/c20-13-3-1-4-14(21)18(13)29-10-9-28-17(24)5-2-8-22-15-7-6-12(23(26)27)11-16(15)30-19(22)25/h1,3-4,6-7,11H,2,5,8-10H2. The summed E-state index contributed by atoms with van der Waals surface area (Å²) in [5, 5.41) is 11.5. The van der Waals surface area contributed by atoms with Crippen molar-refractivity contribution >= 4 is 46.0 Å². The SMILES string of the molecule is O=C(CCCn1c(=O)oc2cc([N+](=O)[O-])ccc21)OCCOc1c(Cl)cccc1Cl. The molecular weight excluding hydrogens is 439 g/mol. The van der Waals surface area contributed by atoms with Crippen molar-refractivity contribution in [2.75, 3.05) is 13.2 Å². The smallest absolute Gasteiger partial charge is 0.419 e. The second-order valence-corrected chi connectivity index (χ2v) is 6.97. The Morgan fingerprint density at radius 2 is 1.90 bits per heavy atom. The van der Waals surface area contributed by atoms with Crippen LogP contribution in [0.1, 0.15) is 12.8 Å². The lowest BCUT2D eigenvalue weighted by Crippen LogP contribution is -2.16. The summed E-state index contributed by atoms with van der Waals surface area (Å²) in [5.41, 5.74) is 0.364. The number of nitro benzene ring substituents is 1. The molecule has 0 fully saturated rings. The summed E-state index contributed by atoms with van der Waals surface area (Å²) in [5.74, 6) is -0.785. The molecule has 0 aliphatic heterocycles. The van der Waals surface area contributed by atoms with Gasteiger partial charge in [-0.2, -0.15) is 0 Å². The van der Waals surface area contributed by atoms with Gasteiger partial charge in [0.25, 0.3) is 5.69 Å². The monoisotopic (exact) mass is 454 g/mol. The third-order valence-electron chi connectivity index (χ3n) is 4.14. The number of halogens is 2. The highest BCUT2D eigenvalue weighted by Crippen LogP contribution is 2.32. The van der Waals surface area contributed by atoms with Gasteiger partial charge in [-0.15, -0.1) is 0 Å². The number of carbonyl (C=O) groups excluding carboxylic acids is 1. The topological polar surface area (TPSA) is 114 Å². The molecule has 0 aliphatic rings. The fourth-order valence-corrected chi connectivity index (χ4v) is 3.26. The van der Waals surface area contributed by atoms with E-state index in [9.17, 15) is 19.7 Å². The van der Waals surface area contributed by atoms with Crippen LogP contribution >= 0.6 is 23.2 Å². The molecule has 11 heteroatoms. The number of ether oxygens (including phenoxy) is 2. The fraction of sp³-hybridized carbons (Fsp3) is 0.263. The number of esters is 1. The fourth-order valence-electron chi connectivity index (χ4n) is 2.75. The molecule has 9 nitrogen and oxygen atoms in total. The molecule has 158 valence electrons. The van der Waals surface area contributed by atoms with Crippen LogP contribution in [0.15, 0.2) is 45.6 Å². The molecule has 0 radical (unpaired) electrons. The van der Waals surface area contributed by atoms with Crippen molar-refractivity contribution in [3.63, 3.8) is 0 Å². The minimum atomic E-state index is -0.649. The van der Waals surface area contributed by atoms with Gasteiger partial charge in [0, 0.05) is 19.0 Å². The highest BCUT2D eigenvalue weighted by molar-refractivity contribution is 6.37. The average Bonchev–Trinajstić information content (AvgIpc) is 3.01. The Kier molecular flexibility index (Phi) is 6.96. The maximum absolute atomic E-state index is 12.0. The number of carbonyl (C=O) groups is 1. The summed E-state index contributed by atoms with van der Waals surface area (Å²) in [6.45, 7) is 0.295. The number of fused-ring (bicyclic) bond motifs is 1. The van der Waals surface area contributed by atoms with Crippen LogP contribution in [-0.4, -0.2) is 28.7 Å². The molecule has 30 heavy (non-hydrogen) atoms. The molecule has 0 saturated carbocycles. The number of hydrogen-bond donors (Lipinski definition) is 0. The van der Waals surface area contributed by atoms with Gasteiger partial charge in [-0.1, -0.05) is 29.3 Å². The van der Waals surface area contributed by atoms with E-state index in [1.165, 1.54) is 22.8 Å². The first-order valence-electron chi connectivity index (χ1n) is 8.87. The van der Waals surface area contributed by atoms with Gasteiger partial charge in [0.2, 0.25) is 0 Å². The first-order valence-corrected chi connectivity index (χ1v) is 9.62. The number of hydrogen-bond acceptors (Lipinski definition) is 7. The summed E-state index contributed by atoms with van der Waals surface area (Å²) in [6.07, 6.45) is 0.389. The third-order valence-corrected chi connectivity index (χ3v) is 4.73. The number of aromatic nitrogens is 1. The molecular formula is C19H16Cl2N2O7. The number of nitro groups is 1. The van der Waals surface area contributed by atoms with E-state index < -0.39 is 16.6 Å². The molecule has 0 aliphatic carbocycles. The van der Waals surface area contributed by atoms with Gasteiger partial charge >= 0.3 is 11.7 Å². The van der Waals surface area contributed by atoms with E-state index in [0.717, 1.165) is 0 Å². The van der Waals surface area contributed by atoms with E-state index in [1.54, 1.807) is 18.2 Å². The van der Waals surface area contributed by atoms with Crippen molar-refractivity contribution in [3.8, 4) is 5.75 Å². The number of rotatable bonds is 9. The van der Waals surface area contributed by atoms with Crippen LogP contribution in [0.25, 0.3) is 11.1 Å². The van der Waals surface area contributed by atoms with Crippen LogP contribution in [0.5, 0.6) is 5.75 Å². The Morgan fingerprint density at radius 1 is 1.17 bits per heavy atom. The van der Waals surface area contributed by atoms with Gasteiger partial charge < -0.3 is 13.9 Å². The van der Waals surface area contributed by atoms with Crippen molar-refractivity contribution in [1.29, 1.82) is 0 Å². The number of nitrogens with zero attached hydrogens (tertiary/aromatic N) is 2. The van der Waals surface area contributed by atoms with Crippen molar-refractivity contribution < 1.29 is 23.6 Å². The maximum atomic E-state index is 12.0. The first-order chi connectivity index (χ1) is 14.4. The van der Waals surface area contributed by atoms with Gasteiger partial charge in [0.1, 0.15) is 13.2 Å². The van der Waals surface area contributed by atoms with Crippen molar-refractivity contribution in [2.24, 2.45) is 0 Å². The minimum absolute atomic E-state index is 0.0125. The van der Waals surface area contributed by atoms with E-state index in [0.29, 0.717) is 27.7 Å². The molecule has 1 aromatic heterocycles. The van der Waals surface area contributed by atoms with Gasteiger partial charge in [-0.3, -0.25) is 19.5 Å². The van der Waals surface area contributed by atoms with Gasteiger partial charge in [-0.25, -0.2) is 4.79 Å². The highest BCUT2D eigenvalue weighted by Gasteiger charge is 2.14. The van der Waals surface area contributed by atoms with Crippen LogP contribution in [0, 0.1) is 10.1 Å². The molecule has 0 N–H and O–H groups in total. The Labute approximate surface area is 179 Å². The lowest BCUT2D eigenvalue weighted by atomic mass is 10.2. The molecule has 0 bridgehead atoms. The molecule has 0 atom stereocenters. The largest absolute Gasteiger partial charge is 0.487 e. The maximum Gasteiger partial charge on any atom is 0.419 e. The van der Waals surface area contributed by atoms with Crippen molar-refractivity contribution in [1.82, 2.24) is 4.57 Å². The number of aryl methyl sites for hydroxylation is 1. The number of non-ortho nitro benzene ring substituents is 1. The first kappa shape index (κ1) is 21.7. The zero-order chi connectivity index (χ0) is 21.7. The molecule has 0 unspecified atom stereocenters. The summed E-state index contributed by atoms with van der Waals surface area (Å²) < 4.78 is 16.9. The van der Waals surface area contributed by atoms with Gasteiger partial charge in [-0.05, 0) is 24.6 Å². The summed E-state index contributed by atoms with van der Waals surface area (Å²) >= 11 is 12.0. The van der Waals surface area contributed by atoms with Gasteiger partial charge in [0.05, 0.1) is 26.6 Å². The predicted molar refractivity (Wildman–Crippen MR) is 109 cm³/mol. The molecule has 3 rings (SSSR count). The quantitative estimate of drug-likeness (QED) is 0.206. The zero-order valence-corrected chi connectivity index (χ0v) is 17.0. The molecule has 1 heterocycles. The molecule has 0 saturated heterocycles. The van der Waals surface area contributed by atoms with Gasteiger partial charge in [0.15, 0.2) is 11.3 Å². The number of para-hydroxylation sites is 1. The molecule has 3 aromatic rings. The Bertz CT molecular complexity index is 1120. The van der Waals surface area contributed by atoms with Crippen LogP contribution in [0.2, 0.25) is 10.0 Å². The van der Waals surface area contributed by atoms with Crippen LogP contribution in [0.4, 0.5) is 5.69 Å². The lowest BCUT2D eigenvalue weighted by Gasteiger charge is -2.10. The normalized spacial score (nSPS) is 10.9. The van der Waals surface area contributed by atoms with E-state index in [-0.39, 0.29) is 37.4 Å². The van der Waals surface area contributed by atoms with E-state index in [4.69, 9.17) is 37.1 Å². The van der Waals surface area contributed by atoms with Crippen LogP contribution in [-0.2, 0) is 16.1 Å². The summed E-state index contributed by atoms with van der Waals surface area (Å²) in [6, 6.07) is 8.87. The number of oxazole rings is 1. The van der Waals surface area contributed by atoms with E-state index in [1.807, 2.05) is 0 Å². The number of benzene rings is 2. The summed E-state index contributed by atoms with van der Waals surface area (Å²) in [7, 11) is 0. The Hall–Kier alpha value is -3.04. The zero-order valence-electron chi connectivity index (χ0n) is 15.5. The minimum Gasteiger partial charge on any atom is -0.487 e. The molecule has 0 spiro atoms. The molecule has 0 amide bonds. The third kappa shape index (κ3) is 5.11. The summed E-state index contributed by atoms with van der Waals surface area (Å²) in [4.78, 5) is 34.1. The average molecular weight is 455 g/mol. The van der Waals surface area contributed by atoms with E-state index >= 15 is 0 Å². The highest BCUT2D eigenvalue weighted by atomic mass is 35.5. The van der Waals surface area contributed by atoms with Crippen LogP contribution < -0.4 is 10.5 Å². The second-order valence-electron chi connectivity index (χ2n) is 6.15. The lowest BCUT2D eigenvalue weighted by molar-refractivity contribution is -0.384.